The molecule has 2 heterocycles. The Bertz CT molecular complexity index is 353. The second-order valence-corrected chi connectivity index (χ2v) is 4.60. The van der Waals surface area contributed by atoms with E-state index in [4.69, 9.17) is 4.74 Å². The third-order valence-corrected chi connectivity index (χ3v) is 3.45. The van der Waals surface area contributed by atoms with E-state index in [0.29, 0.717) is 0 Å². The maximum Gasteiger partial charge on any atom is 0.103 e. The van der Waals surface area contributed by atoms with Crippen molar-refractivity contribution in [3.8, 4) is 0 Å². The molecule has 0 bridgehead atoms. The molecule has 1 aromatic rings. The van der Waals surface area contributed by atoms with Gasteiger partial charge in [-0.3, -0.25) is 0 Å². The monoisotopic (exact) mass is 239 g/mol. The highest BCUT2D eigenvalue weighted by atomic mass is 16.5. The van der Waals surface area contributed by atoms with Gasteiger partial charge in [-0.2, -0.15) is 0 Å². The van der Waals surface area contributed by atoms with Crippen molar-refractivity contribution in [2.45, 2.75) is 51.9 Å². The molecule has 1 aliphatic rings. The summed E-state index contributed by atoms with van der Waals surface area (Å²) >= 11 is 0. The Morgan fingerprint density at radius 3 is 3.12 bits per heavy atom. The average Bonchev–Trinajstić information content (AvgIpc) is 2.96. The molecule has 0 saturated carbocycles. The molecule has 1 N–H and O–H groups in total. The summed E-state index contributed by atoms with van der Waals surface area (Å²) in [5.41, 5.74) is 0.820. The van der Waals surface area contributed by atoms with Crippen LogP contribution in [0.5, 0.6) is 0 Å². The summed E-state index contributed by atoms with van der Waals surface area (Å²) in [4.78, 5) is 0. The fourth-order valence-corrected chi connectivity index (χ4v) is 2.55. The number of aliphatic hydroxyl groups is 1. The highest BCUT2D eigenvalue weighted by Gasteiger charge is 2.35. The largest absolute Gasteiger partial charge is 0.386 e. The zero-order valence-electron chi connectivity index (χ0n) is 10.5. The Hall–Kier alpha value is -0.940. The van der Waals surface area contributed by atoms with Crippen molar-refractivity contribution in [1.82, 2.24) is 15.0 Å². The number of hydrogen-bond acceptors (Lipinski definition) is 4. The number of nitrogens with zero attached hydrogens (tertiary/aromatic N) is 3. The van der Waals surface area contributed by atoms with Crippen molar-refractivity contribution in [2.24, 2.45) is 5.92 Å². The van der Waals surface area contributed by atoms with Gasteiger partial charge >= 0.3 is 0 Å². The first-order chi connectivity index (χ1) is 8.27. The zero-order valence-corrected chi connectivity index (χ0v) is 10.5. The first-order valence-corrected chi connectivity index (χ1v) is 6.46. The molecule has 0 aromatic carbocycles. The molecular formula is C12H21N3O2. The summed E-state index contributed by atoms with van der Waals surface area (Å²) in [6.45, 7) is 5.73. The summed E-state index contributed by atoms with van der Waals surface area (Å²) in [6.07, 6.45) is 4.17. The van der Waals surface area contributed by atoms with Gasteiger partial charge in [-0.25, -0.2) is 4.68 Å². The van der Waals surface area contributed by atoms with Gasteiger partial charge < -0.3 is 9.84 Å². The van der Waals surface area contributed by atoms with Gasteiger partial charge in [0.2, 0.25) is 0 Å². The van der Waals surface area contributed by atoms with Crippen LogP contribution in [-0.4, -0.2) is 32.8 Å². The SMILES string of the molecule is CCCn1nncc1C(O)C1CCOC1CC. The van der Waals surface area contributed by atoms with Crippen LogP contribution in [0.3, 0.4) is 0 Å². The van der Waals surface area contributed by atoms with E-state index in [9.17, 15) is 5.11 Å². The number of rotatable bonds is 5. The van der Waals surface area contributed by atoms with E-state index in [-0.39, 0.29) is 12.0 Å². The van der Waals surface area contributed by atoms with Crippen molar-refractivity contribution < 1.29 is 9.84 Å². The Morgan fingerprint density at radius 1 is 1.59 bits per heavy atom. The van der Waals surface area contributed by atoms with E-state index in [1.807, 2.05) is 0 Å². The van der Waals surface area contributed by atoms with Crippen LogP contribution in [0.1, 0.15) is 44.9 Å². The van der Waals surface area contributed by atoms with E-state index in [2.05, 4.69) is 24.2 Å². The summed E-state index contributed by atoms with van der Waals surface area (Å²) in [7, 11) is 0. The van der Waals surface area contributed by atoms with Crippen molar-refractivity contribution in [3.63, 3.8) is 0 Å². The fraction of sp³-hybridized carbons (Fsp3) is 0.833. The smallest absolute Gasteiger partial charge is 0.103 e. The molecule has 0 amide bonds. The van der Waals surface area contributed by atoms with Crippen LogP contribution in [0, 0.1) is 5.92 Å². The molecule has 3 atom stereocenters. The molecule has 1 aromatic heterocycles. The summed E-state index contributed by atoms with van der Waals surface area (Å²) in [6, 6.07) is 0. The summed E-state index contributed by atoms with van der Waals surface area (Å²) < 4.78 is 7.42. The molecule has 5 nitrogen and oxygen atoms in total. The van der Waals surface area contributed by atoms with E-state index in [1.54, 1.807) is 10.9 Å². The van der Waals surface area contributed by atoms with Gasteiger partial charge in [-0.15, -0.1) is 5.10 Å². The molecule has 0 spiro atoms. The van der Waals surface area contributed by atoms with Crippen molar-refractivity contribution >= 4 is 0 Å². The lowest BCUT2D eigenvalue weighted by molar-refractivity contribution is 0.0268. The maximum atomic E-state index is 10.4. The van der Waals surface area contributed by atoms with Gasteiger partial charge in [0.05, 0.1) is 18.0 Å². The lowest BCUT2D eigenvalue weighted by Crippen LogP contribution is -2.24. The number of aliphatic hydroxyl groups excluding tert-OH is 1. The number of ether oxygens (including phenoxy) is 1. The van der Waals surface area contributed by atoms with Crippen LogP contribution in [-0.2, 0) is 11.3 Å². The van der Waals surface area contributed by atoms with Gasteiger partial charge in [-0.1, -0.05) is 19.1 Å². The number of aromatic nitrogens is 3. The molecule has 2 rings (SSSR count). The van der Waals surface area contributed by atoms with E-state index < -0.39 is 6.10 Å². The molecule has 3 unspecified atom stereocenters. The molecule has 0 radical (unpaired) electrons. The van der Waals surface area contributed by atoms with E-state index >= 15 is 0 Å². The van der Waals surface area contributed by atoms with E-state index in [0.717, 1.165) is 38.1 Å². The van der Waals surface area contributed by atoms with Gasteiger partial charge in [-0.05, 0) is 19.3 Å². The molecule has 1 aliphatic heterocycles. The second-order valence-electron chi connectivity index (χ2n) is 4.60. The Morgan fingerprint density at radius 2 is 2.41 bits per heavy atom. The number of aryl methyl sites for hydroxylation is 1. The fourth-order valence-electron chi connectivity index (χ4n) is 2.55. The molecule has 5 heteroatoms. The predicted molar refractivity (Wildman–Crippen MR) is 63.4 cm³/mol. The van der Waals surface area contributed by atoms with Crippen LogP contribution in [0.15, 0.2) is 6.20 Å². The third kappa shape index (κ3) is 2.50. The van der Waals surface area contributed by atoms with Crippen LogP contribution >= 0.6 is 0 Å². The van der Waals surface area contributed by atoms with Gasteiger partial charge in [0.15, 0.2) is 0 Å². The first kappa shape index (κ1) is 12.5. The minimum atomic E-state index is -0.510. The summed E-state index contributed by atoms with van der Waals surface area (Å²) in [5, 5.41) is 18.3. The minimum Gasteiger partial charge on any atom is -0.386 e. The Labute approximate surface area is 102 Å². The highest BCUT2D eigenvalue weighted by molar-refractivity contribution is 5.03. The lowest BCUT2D eigenvalue weighted by atomic mass is 9.91. The first-order valence-electron chi connectivity index (χ1n) is 6.46. The second kappa shape index (κ2) is 5.60. The predicted octanol–water partition coefficient (Wildman–Crippen LogP) is 1.54. The van der Waals surface area contributed by atoms with Crippen LogP contribution in [0.25, 0.3) is 0 Å². The lowest BCUT2D eigenvalue weighted by Gasteiger charge is -2.22. The van der Waals surface area contributed by atoms with Gasteiger partial charge in [0.1, 0.15) is 6.10 Å². The Balaban J connectivity index is 2.12. The van der Waals surface area contributed by atoms with Crippen LogP contribution < -0.4 is 0 Å². The normalized spacial score (nSPS) is 26.3. The molecule has 17 heavy (non-hydrogen) atoms. The molecule has 1 fully saturated rings. The van der Waals surface area contributed by atoms with Crippen LogP contribution in [0.2, 0.25) is 0 Å². The average molecular weight is 239 g/mol. The third-order valence-electron chi connectivity index (χ3n) is 3.45. The molecule has 0 aliphatic carbocycles. The maximum absolute atomic E-state index is 10.4. The quantitative estimate of drug-likeness (QED) is 0.846. The van der Waals surface area contributed by atoms with Crippen LogP contribution in [0.4, 0.5) is 0 Å². The minimum absolute atomic E-state index is 0.162. The Kier molecular flexibility index (Phi) is 4.12. The topological polar surface area (TPSA) is 60.2 Å². The van der Waals surface area contributed by atoms with Gasteiger partial charge in [0.25, 0.3) is 0 Å². The molecular weight excluding hydrogens is 218 g/mol. The van der Waals surface area contributed by atoms with E-state index in [1.165, 1.54) is 0 Å². The van der Waals surface area contributed by atoms with Gasteiger partial charge in [0, 0.05) is 19.1 Å². The standard InChI is InChI=1S/C12H21N3O2/c1-3-6-15-10(8-13-14-15)12(16)9-5-7-17-11(9)4-2/h8-9,11-12,16H,3-7H2,1-2H3. The van der Waals surface area contributed by atoms with Crippen molar-refractivity contribution in [3.05, 3.63) is 11.9 Å². The zero-order chi connectivity index (χ0) is 12.3. The summed E-state index contributed by atoms with van der Waals surface area (Å²) in [5.74, 6) is 0.175. The molecule has 96 valence electrons. The highest BCUT2D eigenvalue weighted by Crippen LogP contribution is 2.34. The molecule has 1 saturated heterocycles. The number of hydrogen-bond donors (Lipinski definition) is 1. The van der Waals surface area contributed by atoms with Crippen molar-refractivity contribution in [1.29, 1.82) is 0 Å². The van der Waals surface area contributed by atoms with Crippen molar-refractivity contribution in [2.75, 3.05) is 6.61 Å².